The van der Waals surface area contributed by atoms with Crippen molar-refractivity contribution in [2.45, 2.75) is 26.8 Å². The summed E-state index contributed by atoms with van der Waals surface area (Å²) in [7, 11) is 0. The highest BCUT2D eigenvalue weighted by atomic mass is 16.3. The summed E-state index contributed by atoms with van der Waals surface area (Å²) in [4.78, 5) is 11.2. The Morgan fingerprint density at radius 3 is 2.27 bits per heavy atom. The van der Waals surface area contributed by atoms with Gasteiger partial charge in [-0.1, -0.05) is 6.92 Å². The van der Waals surface area contributed by atoms with Gasteiger partial charge in [0.1, 0.15) is 0 Å². The highest BCUT2D eigenvalue weighted by Crippen LogP contribution is 2.11. The maximum Gasteiger partial charge on any atom is 0.234 e. The van der Waals surface area contributed by atoms with Gasteiger partial charge in [0, 0.05) is 18.0 Å². The number of rotatable bonds is 7. The normalized spacial score (nSPS) is 11.9. The van der Waals surface area contributed by atoms with Crippen molar-refractivity contribution in [1.82, 2.24) is 10.6 Å². The first-order chi connectivity index (χ1) is 6.93. The Labute approximate surface area is 90.9 Å². The van der Waals surface area contributed by atoms with E-state index in [2.05, 4.69) is 10.6 Å². The van der Waals surface area contributed by atoms with Crippen LogP contribution in [0.2, 0.25) is 0 Å². The monoisotopic (exact) mass is 218 g/mol. The molecule has 5 nitrogen and oxygen atoms in total. The van der Waals surface area contributed by atoms with Crippen LogP contribution in [0.1, 0.15) is 20.8 Å². The molecule has 0 heterocycles. The zero-order valence-corrected chi connectivity index (χ0v) is 9.71. The molecule has 5 heteroatoms. The van der Waals surface area contributed by atoms with Gasteiger partial charge >= 0.3 is 0 Å². The Kier molecular flexibility index (Phi) is 6.47. The molecular weight excluding hydrogens is 196 g/mol. The summed E-state index contributed by atoms with van der Waals surface area (Å²) in [6.45, 7) is 5.93. The molecule has 90 valence electrons. The van der Waals surface area contributed by atoms with Gasteiger partial charge in [0.15, 0.2) is 0 Å². The van der Waals surface area contributed by atoms with Gasteiger partial charge in [-0.2, -0.15) is 0 Å². The molecule has 0 saturated carbocycles. The van der Waals surface area contributed by atoms with E-state index >= 15 is 0 Å². The SMILES string of the molecule is CC(C)NC(=O)CNCC(C)(CO)CO. The fourth-order valence-corrected chi connectivity index (χ4v) is 1.01. The van der Waals surface area contributed by atoms with Gasteiger partial charge in [-0.05, 0) is 13.8 Å². The molecule has 4 N–H and O–H groups in total. The summed E-state index contributed by atoms with van der Waals surface area (Å²) in [5.41, 5.74) is -0.571. The van der Waals surface area contributed by atoms with E-state index in [1.807, 2.05) is 13.8 Å². The minimum atomic E-state index is -0.571. The fraction of sp³-hybridized carbons (Fsp3) is 0.900. The lowest BCUT2D eigenvalue weighted by Gasteiger charge is -2.24. The van der Waals surface area contributed by atoms with Crippen LogP contribution in [0.25, 0.3) is 0 Å². The first kappa shape index (κ1) is 14.3. The van der Waals surface area contributed by atoms with Gasteiger partial charge < -0.3 is 20.8 Å². The molecule has 0 radical (unpaired) electrons. The molecule has 0 aromatic heterocycles. The molecule has 0 saturated heterocycles. The lowest BCUT2D eigenvalue weighted by atomic mass is 9.93. The predicted octanol–water partition coefficient (Wildman–Crippen LogP) is -0.908. The summed E-state index contributed by atoms with van der Waals surface area (Å²) in [6.07, 6.45) is 0. The molecule has 0 spiro atoms. The lowest BCUT2D eigenvalue weighted by molar-refractivity contribution is -0.120. The van der Waals surface area contributed by atoms with Crippen molar-refractivity contribution < 1.29 is 15.0 Å². The molecule has 0 bridgehead atoms. The largest absolute Gasteiger partial charge is 0.396 e. The standard InChI is InChI=1S/C10H22N2O3/c1-8(2)12-9(15)4-11-5-10(3,6-13)7-14/h8,11,13-14H,4-7H2,1-3H3,(H,12,15). The van der Waals surface area contributed by atoms with Gasteiger partial charge in [0.25, 0.3) is 0 Å². The molecule has 0 rings (SSSR count). The van der Waals surface area contributed by atoms with Crippen molar-refractivity contribution in [2.24, 2.45) is 5.41 Å². The van der Waals surface area contributed by atoms with Crippen LogP contribution in [0.3, 0.4) is 0 Å². The number of amides is 1. The Bertz CT molecular complexity index is 191. The van der Waals surface area contributed by atoms with Crippen LogP contribution in [0.4, 0.5) is 0 Å². The molecule has 0 unspecified atom stereocenters. The van der Waals surface area contributed by atoms with E-state index in [1.54, 1.807) is 6.92 Å². The third-order valence-corrected chi connectivity index (χ3v) is 2.05. The Morgan fingerprint density at radius 2 is 1.87 bits per heavy atom. The van der Waals surface area contributed by atoms with Crippen LogP contribution >= 0.6 is 0 Å². The maximum atomic E-state index is 11.2. The van der Waals surface area contributed by atoms with E-state index in [1.165, 1.54) is 0 Å². The van der Waals surface area contributed by atoms with Gasteiger partial charge in [-0.15, -0.1) is 0 Å². The van der Waals surface area contributed by atoms with E-state index in [0.29, 0.717) is 6.54 Å². The van der Waals surface area contributed by atoms with E-state index in [4.69, 9.17) is 10.2 Å². The van der Waals surface area contributed by atoms with Crippen molar-refractivity contribution in [3.8, 4) is 0 Å². The average Bonchev–Trinajstić information content (AvgIpc) is 2.16. The second-order valence-corrected chi connectivity index (χ2v) is 4.45. The topological polar surface area (TPSA) is 81.6 Å². The molecule has 0 aromatic carbocycles. The summed E-state index contributed by atoms with van der Waals surface area (Å²) >= 11 is 0. The zero-order valence-electron chi connectivity index (χ0n) is 9.71. The first-order valence-corrected chi connectivity index (χ1v) is 5.15. The molecule has 0 aliphatic rings. The number of aliphatic hydroxyl groups excluding tert-OH is 2. The molecule has 0 aromatic rings. The smallest absolute Gasteiger partial charge is 0.234 e. The van der Waals surface area contributed by atoms with Crippen LogP contribution in [0, 0.1) is 5.41 Å². The maximum absolute atomic E-state index is 11.2. The number of nitrogens with one attached hydrogen (secondary N) is 2. The van der Waals surface area contributed by atoms with Crippen LogP contribution < -0.4 is 10.6 Å². The lowest BCUT2D eigenvalue weighted by Crippen LogP contribution is -2.43. The Hall–Kier alpha value is -0.650. The first-order valence-electron chi connectivity index (χ1n) is 5.15. The van der Waals surface area contributed by atoms with Crippen molar-refractivity contribution >= 4 is 5.91 Å². The molecule has 0 fully saturated rings. The number of carbonyl (C=O) groups excluding carboxylic acids is 1. The summed E-state index contributed by atoms with van der Waals surface area (Å²) in [5.74, 6) is -0.0803. The minimum Gasteiger partial charge on any atom is -0.396 e. The van der Waals surface area contributed by atoms with E-state index in [0.717, 1.165) is 0 Å². The van der Waals surface area contributed by atoms with Crippen LogP contribution in [0.15, 0.2) is 0 Å². The van der Waals surface area contributed by atoms with Crippen LogP contribution in [-0.4, -0.2) is 48.5 Å². The van der Waals surface area contributed by atoms with Gasteiger partial charge in [-0.25, -0.2) is 0 Å². The Balaban J connectivity index is 3.73. The van der Waals surface area contributed by atoms with E-state index in [-0.39, 0.29) is 31.7 Å². The molecule has 0 atom stereocenters. The molecule has 0 aliphatic carbocycles. The quantitative estimate of drug-likeness (QED) is 0.446. The minimum absolute atomic E-state index is 0.0803. The zero-order chi connectivity index (χ0) is 11.9. The number of aliphatic hydroxyl groups is 2. The fourth-order valence-electron chi connectivity index (χ4n) is 1.01. The second-order valence-electron chi connectivity index (χ2n) is 4.45. The average molecular weight is 218 g/mol. The third kappa shape index (κ3) is 6.43. The predicted molar refractivity (Wildman–Crippen MR) is 58.4 cm³/mol. The van der Waals surface area contributed by atoms with Crippen molar-refractivity contribution in [3.63, 3.8) is 0 Å². The van der Waals surface area contributed by atoms with Gasteiger partial charge in [0.2, 0.25) is 5.91 Å². The Morgan fingerprint density at radius 1 is 1.33 bits per heavy atom. The van der Waals surface area contributed by atoms with Crippen molar-refractivity contribution in [1.29, 1.82) is 0 Å². The third-order valence-electron chi connectivity index (χ3n) is 2.05. The van der Waals surface area contributed by atoms with Gasteiger partial charge in [0.05, 0.1) is 19.8 Å². The second kappa shape index (κ2) is 6.76. The molecule has 1 amide bonds. The van der Waals surface area contributed by atoms with Crippen molar-refractivity contribution in [3.05, 3.63) is 0 Å². The number of carbonyl (C=O) groups is 1. The van der Waals surface area contributed by atoms with Crippen LogP contribution in [-0.2, 0) is 4.79 Å². The molecular formula is C10H22N2O3. The van der Waals surface area contributed by atoms with E-state index < -0.39 is 5.41 Å². The summed E-state index contributed by atoms with van der Waals surface area (Å²) in [5, 5.41) is 23.6. The highest BCUT2D eigenvalue weighted by molar-refractivity contribution is 5.78. The highest BCUT2D eigenvalue weighted by Gasteiger charge is 2.21. The van der Waals surface area contributed by atoms with E-state index in [9.17, 15) is 4.79 Å². The molecule has 0 aliphatic heterocycles. The van der Waals surface area contributed by atoms with Crippen LogP contribution in [0.5, 0.6) is 0 Å². The molecule has 15 heavy (non-hydrogen) atoms. The summed E-state index contributed by atoms with van der Waals surface area (Å²) < 4.78 is 0. The van der Waals surface area contributed by atoms with Gasteiger partial charge in [-0.3, -0.25) is 4.79 Å². The van der Waals surface area contributed by atoms with Crippen molar-refractivity contribution in [2.75, 3.05) is 26.3 Å². The number of hydrogen-bond acceptors (Lipinski definition) is 4. The number of hydrogen-bond donors (Lipinski definition) is 4. The summed E-state index contributed by atoms with van der Waals surface area (Å²) in [6, 6.07) is 0.126.